The van der Waals surface area contributed by atoms with Crippen LogP contribution in [0.1, 0.15) is 12.0 Å². The number of hydrogen-bond acceptors (Lipinski definition) is 1. The minimum absolute atomic E-state index is 0.0583. The molecule has 1 heterocycles. The van der Waals surface area contributed by atoms with Gasteiger partial charge in [0, 0.05) is 19.2 Å². The number of benzene rings is 1. The first-order chi connectivity index (χ1) is 6.61. The molecule has 0 aliphatic rings. The lowest BCUT2D eigenvalue weighted by molar-refractivity contribution is 0.152. The molecule has 0 fully saturated rings. The van der Waals surface area contributed by atoms with Crippen LogP contribution < -0.4 is 0 Å². The van der Waals surface area contributed by atoms with Gasteiger partial charge in [-0.3, -0.25) is 0 Å². The van der Waals surface area contributed by atoms with E-state index < -0.39 is 12.2 Å². The highest BCUT2D eigenvalue weighted by molar-refractivity contribution is 14.1. The van der Waals surface area contributed by atoms with Gasteiger partial charge in [-0.15, -0.1) is 11.3 Å². The van der Waals surface area contributed by atoms with E-state index in [2.05, 4.69) is 0 Å². The van der Waals surface area contributed by atoms with Gasteiger partial charge in [0.25, 0.3) is 6.43 Å². The van der Waals surface area contributed by atoms with Gasteiger partial charge in [0.2, 0.25) is 0 Å². The lowest BCUT2D eigenvalue weighted by atomic mass is 10.1. The standard InChI is InChI=1S/C9H4F3IS/c10-5-3-6(13)7(9(11)12)8-4(5)1-2-14-8/h1-3,9H. The normalized spacial score (nSPS) is 11.5. The summed E-state index contributed by atoms with van der Waals surface area (Å²) in [5.74, 6) is -0.435. The van der Waals surface area contributed by atoms with Crippen LogP contribution in [0.3, 0.4) is 0 Å². The van der Waals surface area contributed by atoms with Crippen molar-refractivity contribution in [3.63, 3.8) is 0 Å². The first-order valence-corrected chi connectivity index (χ1v) is 5.70. The van der Waals surface area contributed by atoms with E-state index in [1.807, 2.05) is 0 Å². The zero-order valence-electron chi connectivity index (χ0n) is 6.73. The van der Waals surface area contributed by atoms with Crippen molar-refractivity contribution >= 4 is 44.0 Å². The van der Waals surface area contributed by atoms with E-state index in [0.29, 0.717) is 4.70 Å². The van der Waals surface area contributed by atoms with Crippen molar-refractivity contribution in [3.8, 4) is 0 Å². The number of fused-ring (bicyclic) bond motifs is 1. The molecule has 0 spiro atoms. The fourth-order valence-electron chi connectivity index (χ4n) is 1.28. The van der Waals surface area contributed by atoms with Gasteiger partial charge in [0.1, 0.15) is 5.82 Å². The maximum Gasteiger partial charge on any atom is 0.266 e. The molecule has 14 heavy (non-hydrogen) atoms. The summed E-state index contributed by atoms with van der Waals surface area (Å²) in [7, 11) is 0. The monoisotopic (exact) mass is 328 g/mol. The average molecular weight is 328 g/mol. The first-order valence-electron chi connectivity index (χ1n) is 3.74. The zero-order chi connectivity index (χ0) is 10.3. The Morgan fingerprint density at radius 2 is 2.07 bits per heavy atom. The van der Waals surface area contributed by atoms with Gasteiger partial charge in [0.05, 0.1) is 0 Å². The average Bonchev–Trinajstić information content (AvgIpc) is 2.51. The van der Waals surface area contributed by atoms with Crippen molar-refractivity contribution in [2.45, 2.75) is 6.43 Å². The van der Waals surface area contributed by atoms with Gasteiger partial charge >= 0.3 is 0 Å². The molecule has 1 aromatic carbocycles. The van der Waals surface area contributed by atoms with Crippen LogP contribution in [0.2, 0.25) is 0 Å². The molecule has 0 nitrogen and oxygen atoms in total. The first kappa shape index (κ1) is 10.2. The summed E-state index contributed by atoms with van der Waals surface area (Å²) in [6.45, 7) is 0. The smallest absolute Gasteiger partial charge is 0.206 e. The van der Waals surface area contributed by atoms with Gasteiger partial charge in [-0.25, -0.2) is 13.2 Å². The second-order valence-corrected chi connectivity index (χ2v) is 4.80. The third-order valence-corrected chi connectivity index (χ3v) is 3.74. The fraction of sp³-hybridized carbons (Fsp3) is 0.111. The fourth-order valence-corrected chi connectivity index (χ4v) is 3.20. The molecule has 0 aliphatic carbocycles. The van der Waals surface area contributed by atoms with E-state index in [0.717, 1.165) is 17.4 Å². The van der Waals surface area contributed by atoms with E-state index >= 15 is 0 Å². The summed E-state index contributed by atoms with van der Waals surface area (Å²) in [6, 6.07) is 2.68. The number of alkyl halides is 2. The molecular formula is C9H4F3IS. The number of hydrogen-bond donors (Lipinski definition) is 0. The van der Waals surface area contributed by atoms with E-state index in [9.17, 15) is 13.2 Å². The third kappa shape index (κ3) is 1.52. The number of rotatable bonds is 1. The number of halogens is 4. The van der Waals surface area contributed by atoms with E-state index in [1.54, 1.807) is 28.0 Å². The maximum absolute atomic E-state index is 13.3. The molecule has 74 valence electrons. The van der Waals surface area contributed by atoms with Gasteiger partial charge in [-0.2, -0.15) is 0 Å². The van der Waals surface area contributed by atoms with Crippen molar-refractivity contribution in [2.24, 2.45) is 0 Å². The Morgan fingerprint density at radius 3 is 2.71 bits per heavy atom. The second kappa shape index (κ2) is 3.69. The Balaban J connectivity index is 2.86. The lowest BCUT2D eigenvalue weighted by Crippen LogP contribution is -1.91. The second-order valence-electron chi connectivity index (χ2n) is 2.72. The minimum Gasteiger partial charge on any atom is -0.206 e. The summed E-state index contributed by atoms with van der Waals surface area (Å²) >= 11 is 2.88. The van der Waals surface area contributed by atoms with E-state index in [1.165, 1.54) is 6.07 Å². The van der Waals surface area contributed by atoms with E-state index in [-0.39, 0.29) is 14.5 Å². The molecule has 0 radical (unpaired) electrons. The van der Waals surface area contributed by atoms with Crippen LogP contribution in [-0.4, -0.2) is 0 Å². The van der Waals surface area contributed by atoms with Gasteiger partial charge in [0.15, 0.2) is 0 Å². The maximum atomic E-state index is 13.3. The molecule has 0 unspecified atom stereocenters. The SMILES string of the molecule is Fc1cc(I)c(C(F)F)c2sccc12. The summed E-state index contributed by atoms with van der Waals surface area (Å²) < 4.78 is 39.2. The van der Waals surface area contributed by atoms with Gasteiger partial charge in [-0.1, -0.05) is 0 Å². The van der Waals surface area contributed by atoms with Crippen LogP contribution in [0.15, 0.2) is 17.5 Å². The largest absolute Gasteiger partial charge is 0.266 e. The molecule has 5 heteroatoms. The highest BCUT2D eigenvalue weighted by Gasteiger charge is 2.18. The Labute approximate surface area is 95.9 Å². The summed E-state index contributed by atoms with van der Waals surface area (Å²) in [5, 5.41) is 1.90. The van der Waals surface area contributed by atoms with Crippen LogP contribution in [0.25, 0.3) is 10.1 Å². The van der Waals surface area contributed by atoms with Gasteiger partial charge < -0.3 is 0 Å². The van der Waals surface area contributed by atoms with Crippen molar-refractivity contribution in [1.29, 1.82) is 0 Å². The molecule has 2 aromatic rings. The molecule has 0 saturated heterocycles. The van der Waals surface area contributed by atoms with Crippen LogP contribution >= 0.6 is 33.9 Å². The van der Waals surface area contributed by atoms with Gasteiger partial charge in [-0.05, 0) is 40.1 Å². The van der Waals surface area contributed by atoms with Crippen molar-refractivity contribution < 1.29 is 13.2 Å². The zero-order valence-corrected chi connectivity index (χ0v) is 9.70. The Hall–Kier alpha value is -0.300. The Morgan fingerprint density at radius 1 is 1.36 bits per heavy atom. The van der Waals surface area contributed by atoms with Crippen molar-refractivity contribution in [2.75, 3.05) is 0 Å². The number of thiophene rings is 1. The molecule has 0 aliphatic heterocycles. The Kier molecular flexibility index (Phi) is 2.70. The van der Waals surface area contributed by atoms with Crippen LogP contribution in [0.5, 0.6) is 0 Å². The molecule has 0 atom stereocenters. The predicted molar refractivity (Wildman–Crippen MR) is 59.5 cm³/mol. The quantitative estimate of drug-likeness (QED) is 0.672. The lowest BCUT2D eigenvalue weighted by Gasteiger charge is -2.05. The molecule has 0 saturated carbocycles. The van der Waals surface area contributed by atoms with Crippen LogP contribution in [0, 0.1) is 9.39 Å². The van der Waals surface area contributed by atoms with E-state index in [4.69, 9.17) is 0 Å². The third-order valence-electron chi connectivity index (χ3n) is 1.90. The molecule has 0 amide bonds. The summed E-state index contributed by atoms with van der Waals surface area (Å²) in [5.41, 5.74) is -0.0583. The Bertz CT molecular complexity index is 478. The molecule has 0 N–H and O–H groups in total. The molecule has 0 bridgehead atoms. The van der Waals surface area contributed by atoms with Crippen LogP contribution in [-0.2, 0) is 0 Å². The predicted octanol–water partition coefficient (Wildman–Crippen LogP) is 4.58. The molecular weight excluding hydrogens is 324 g/mol. The van der Waals surface area contributed by atoms with Crippen molar-refractivity contribution in [3.05, 3.63) is 32.5 Å². The topological polar surface area (TPSA) is 0 Å². The summed E-state index contributed by atoms with van der Waals surface area (Å²) in [6.07, 6.45) is -2.55. The minimum atomic E-state index is -2.55. The van der Waals surface area contributed by atoms with Crippen molar-refractivity contribution in [1.82, 2.24) is 0 Å². The molecule has 1 aromatic heterocycles. The highest BCUT2D eigenvalue weighted by Crippen LogP contribution is 2.36. The van der Waals surface area contributed by atoms with Crippen LogP contribution in [0.4, 0.5) is 13.2 Å². The molecule has 2 rings (SSSR count). The summed E-state index contributed by atoms with van der Waals surface area (Å²) in [4.78, 5) is 0. The highest BCUT2D eigenvalue weighted by atomic mass is 127.